The summed E-state index contributed by atoms with van der Waals surface area (Å²) in [6, 6.07) is 24.3. The molecule has 0 amide bonds. The first kappa shape index (κ1) is 14.8. The highest BCUT2D eigenvalue weighted by atomic mass is 15.0. The van der Waals surface area contributed by atoms with E-state index in [2.05, 4.69) is 35.4 Å². The highest BCUT2D eigenvalue weighted by Gasteiger charge is 2.13. The van der Waals surface area contributed by atoms with Crippen molar-refractivity contribution in [2.75, 3.05) is 5.32 Å². The number of nitriles is 1. The lowest BCUT2D eigenvalue weighted by atomic mass is 10.0. The summed E-state index contributed by atoms with van der Waals surface area (Å²) in [4.78, 5) is 4.37. The molecule has 0 saturated heterocycles. The van der Waals surface area contributed by atoms with Crippen LogP contribution < -0.4 is 5.32 Å². The van der Waals surface area contributed by atoms with Gasteiger partial charge in [0.25, 0.3) is 0 Å². The average Bonchev–Trinajstić information content (AvgIpc) is 2.63. The fourth-order valence-corrected chi connectivity index (χ4v) is 2.57. The minimum atomic E-state index is 0.0711. The number of rotatable bonds is 4. The topological polar surface area (TPSA) is 48.7 Å². The smallest absolute Gasteiger partial charge is 0.145 e. The van der Waals surface area contributed by atoms with Crippen molar-refractivity contribution in [2.45, 2.75) is 13.0 Å². The van der Waals surface area contributed by atoms with Crippen molar-refractivity contribution in [3.05, 3.63) is 84.1 Å². The minimum absolute atomic E-state index is 0.0711. The van der Waals surface area contributed by atoms with Gasteiger partial charge in [0.1, 0.15) is 17.5 Å². The molecule has 0 fully saturated rings. The van der Waals surface area contributed by atoms with E-state index in [4.69, 9.17) is 0 Å². The van der Waals surface area contributed by atoms with E-state index < -0.39 is 0 Å². The van der Waals surface area contributed by atoms with E-state index in [-0.39, 0.29) is 6.04 Å². The molecule has 23 heavy (non-hydrogen) atoms. The van der Waals surface area contributed by atoms with E-state index in [0.717, 1.165) is 16.7 Å². The van der Waals surface area contributed by atoms with Crippen molar-refractivity contribution in [1.29, 1.82) is 5.26 Å². The Labute approximate surface area is 136 Å². The van der Waals surface area contributed by atoms with Gasteiger partial charge in [-0.25, -0.2) is 4.98 Å². The van der Waals surface area contributed by atoms with E-state index in [1.54, 1.807) is 6.20 Å². The summed E-state index contributed by atoms with van der Waals surface area (Å²) < 4.78 is 0. The van der Waals surface area contributed by atoms with Crippen LogP contribution in [0.2, 0.25) is 0 Å². The quantitative estimate of drug-likeness (QED) is 0.753. The number of anilines is 1. The summed E-state index contributed by atoms with van der Waals surface area (Å²) in [5.41, 5.74) is 3.64. The van der Waals surface area contributed by atoms with Gasteiger partial charge in [-0.05, 0) is 24.1 Å². The number of hydrogen-bond donors (Lipinski definition) is 1. The van der Waals surface area contributed by atoms with Gasteiger partial charge in [-0.1, -0.05) is 60.7 Å². The molecule has 0 aliphatic rings. The number of pyridine rings is 1. The predicted molar refractivity (Wildman–Crippen MR) is 92.9 cm³/mol. The first-order valence-electron chi connectivity index (χ1n) is 7.55. The molecule has 3 rings (SSSR count). The summed E-state index contributed by atoms with van der Waals surface area (Å²) >= 11 is 0. The maximum atomic E-state index is 9.61. The first-order valence-corrected chi connectivity index (χ1v) is 7.55. The molecule has 2 aromatic carbocycles. The fourth-order valence-electron chi connectivity index (χ4n) is 2.57. The molecular formula is C20H17N3. The minimum Gasteiger partial charge on any atom is -0.362 e. The second-order valence-corrected chi connectivity index (χ2v) is 5.34. The fraction of sp³-hybridized carbons (Fsp3) is 0.100. The molecule has 0 saturated carbocycles. The zero-order valence-electron chi connectivity index (χ0n) is 12.9. The third kappa shape index (κ3) is 3.22. The summed E-state index contributed by atoms with van der Waals surface area (Å²) in [6.45, 7) is 2.06. The molecule has 3 nitrogen and oxygen atoms in total. The maximum absolute atomic E-state index is 9.61. The third-order valence-corrected chi connectivity index (χ3v) is 3.80. The predicted octanol–water partition coefficient (Wildman–Crippen LogP) is 4.79. The number of nitrogens with one attached hydrogen (secondary N) is 1. The molecule has 0 radical (unpaired) electrons. The monoisotopic (exact) mass is 299 g/mol. The molecule has 0 aliphatic carbocycles. The molecular weight excluding hydrogens is 282 g/mol. The van der Waals surface area contributed by atoms with Crippen LogP contribution in [-0.4, -0.2) is 4.98 Å². The third-order valence-electron chi connectivity index (χ3n) is 3.80. The highest BCUT2D eigenvalue weighted by Crippen LogP contribution is 2.29. The summed E-state index contributed by atoms with van der Waals surface area (Å²) in [7, 11) is 0. The molecule has 0 bridgehead atoms. The van der Waals surface area contributed by atoms with Gasteiger partial charge in [-0.3, -0.25) is 0 Å². The second-order valence-electron chi connectivity index (χ2n) is 5.34. The van der Waals surface area contributed by atoms with Gasteiger partial charge in [-0.15, -0.1) is 0 Å². The standard InChI is InChI=1S/C20H17N3/c1-15(16-8-4-2-5-9-16)23-20-19(14-21)18(12-13-22-20)17-10-6-3-7-11-17/h2-13,15H,1H3,(H,22,23)/t15-/m1/s1. The van der Waals surface area contributed by atoms with Crippen LogP contribution in [0.1, 0.15) is 24.1 Å². The van der Waals surface area contributed by atoms with Crippen molar-refractivity contribution < 1.29 is 0 Å². The number of benzene rings is 2. The Morgan fingerprint density at radius 3 is 2.26 bits per heavy atom. The Bertz CT molecular complexity index is 821. The molecule has 1 aromatic heterocycles. The SMILES string of the molecule is C[C@@H](Nc1nccc(-c2ccccc2)c1C#N)c1ccccc1. The molecule has 1 atom stereocenters. The van der Waals surface area contributed by atoms with Gasteiger partial charge in [-0.2, -0.15) is 5.26 Å². The lowest BCUT2D eigenvalue weighted by Gasteiger charge is -2.17. The Balaban J connectivity index is 1.96. The molecule has 0 unspecified atom stereocenters. The van der Waals surface area contributed by atoms with Crippen molar-refractivity contribution in [1.82, 2.24) is 4.98 Å². The van der Waals surface area contributed by atoms with Gasteiger partial charge < -0.3 is 5.32 Å². The number of hydrogen-bond acceptors (Lipinski definition) is 3. The van der Waals surface area contributed by atoms with Crippen LogP contribution in [0.5, 0.6) is 0 Å². The molecule has 3 aromatic rings. The van der Waals surface area contributed by atoms with Crippen LogP contribution in [0.3, 0.4) is 0 Å². The Kier molecular flexibility index (Phi) is 4.35. The summed E-state index contributed by atoms with van der Waals surface area (Å²) in [5, 5.41) is 13.0. The molecule has 0 aliphatic heterocycles. The average molecular weight is 299 g/mol. The zero-order valence-corrected chi connectivity index (χ0v) is 12.9. The van der Waals surface area contributed by atoms with E-state index in [1.165, 1.54) is 0 Å². The van der Waals surface area contributed by atoms with Gasteiger partial charge in [0.15, 0.2) is 0 Å². The van der Waals surface area contributed by atoms with Gasteiger partial charge in [0.2, 0.25) is 0 Å². The Morgan fingerprint density at radius 1 is 0.957 bits per heavy atom. The van der Waals surface area contributed by atoms with Crippen molar-refractivity contribution in [3.63, 3.8) is 0 Å². The number of aromatic nitrogens is 1. The van der Waals surface area contributed by atoms with Crippen molar-refractivity contribution in [2.24, 2.45) is 0 Å². The van der Waals surface area contributed by atoms with Gasteiger partial charge in [0, 0.05) is 17.8 Å². The molecule has 3 heteroatoms. The molecule has 1 N–H and O–H groups in total. The first-order chi connectivity index (χ1) is 11.3. The van der Waals surface area contributed by atoms with Gasteiger partial charge in [0.05, 0.1) is 0 Å². The normalized spacial score (nSPS) is 11.5. The lowest BCUT2D eigenvalue weighted by Crippen LogP contribution is -2.09. The van der Waals surface area contributed by atoms with Crippen molar-refractivity contribution in [3.8, 4) is 17.2 Å². The van der Waals surface area contributed by atoms with Crippen LogP contribution in [0.15, 0.2) is 72.9 Å². The van der Waals surface area contributed by atoms with E-state index in [1.807, 2.05) is 54.6 Å². The van der Waals surface area contributed by atoms with Crippen LogP contribution in [0.25, 0.3) is 11.1 Å². The van der Waals surface area contributed by atoms with Gasteiger partial charge >= 0.3 is 0 Å². The largest absolute Gasteiger partial charge is 0.362 e. The van der Waals surface area contributed by atoms with E-state index >= 15 is 0 Å². The Hall–Kier alpha value is -3.12. The lowest BCUT2D eigenvalue weighted by molar-refractivity contribution is 0.874. The number of nitrogens with zero attached hydrogens (tertiary/aromatic N) is 2. The van der Waals surface area contributed by atoms with Crippen LogP contribution in [0, 0.1) is 11.3 Å². The van der Waals surface area contributed by atoms with E-state index in [9.17, 15) is 5.26 Å². The summed E-state index contributed by atoms with van der Waals surface area (Å²) in [6.07, 6.45) is 1.74. The van der Waals surface area contributed by atoms with Crippen molar-refractivity contribution >= 4 is 5.82 Å². The molecule has 112 valence electrons. The molecule has 0 spiro atoms. The second kappa shape index (κ2) is 6.76. The van der Waals surface area contributed by atoms with Crippen LogP contribution in [-0.2, 0) is 0 Å². The molecule has 1 heterocycles. The van der Waals surface area contributed by atoms with E-state index in [0.29, 0.717) is 11.4 Å². The highest BCUT2D eigenvalue weighted by molar-refractivity contribution is 5.75. The zero-order chi connectivity index (χ0) is 16.1. The van der Waals surface area contributed by atoms with Crippen LogP contribution >= 0.6 is 0 Å². The van der Waals surface area contributed by atoms with Crippen LogP contribution in [0.4, 0.5) is 5.82 Å². The summed E-state index contributed by atoms with van der Waals surface area (Å²) in [5.74, 6) is 0.616. The maximum Gasteiger partial charge on any atom is 0.145 e. The Morgan fingerprint density at radius 2 is 1.61 bits per heavy atom.